The van der Waals surface area contributed by atoms with Crippen LogP contribution in [-0.2, 0) is 20.0 Å². The topological polar surface area (TPSA) is 46.2 Å². The minimum absolute atomic E-state index is 0.0797. The van der Waals surface area contributed by atoms with Crippen LogP contribution in [0.4, 0.5) is 0 Å². The fourth-order valence-electron chi connectivity index (χ4n) is 3.95. The van der Waals surface area contributed by atoms with Gasteiger partial charge in [0.2, 0.25) is 5.79 Å². The Morgan fingerprint density at radius 2 is 1.70 bits per heavy atom. The van der Waals surface area contributed by atoms with Gasteiger partial charge in [-0.25, -0.2) is 0 Å². The summed E-state index contributed by atoms with van der Waals surface area (Å²) in [5.74, 6) is 0.420. The van der Waals surface area contributed by atoms with Crippen LogP contribution in [0.2, 0.25) is 0 Å². The van der Waals surface area contributed by atoms with E-state index in [1.54, 1.807) is 18.9 Å². The number of fused-ring (bicyclic) bond motifs is 6. The summed E-state index contributed by atoms with van der Waals surface area (Å²) in [6.07, 6.45) is 2.08. The number of benzene rings is 2. The highest BCUT2D eigenvalue weighted by molar-refractivity contribution is 7.99. The van der Waals surface area contributed by atoms with Crippen LogP contribution < -0.4 is 9.47 Å². The minimum atomic E-state index is -0.948. The normalized spacial score (nSPS) is 31.3. The maximum Gasteiger partial charge on any atom is 0.360 e. The highest BCUT2D eigenvalue weighted by atomic mass is 32.2. The largest absolute Gasteiger partial charge is 0.428 e. The first-order valence-corrected chi connectivity index (χ1v) is 10.1. The van der Waals surface area contributed by atoms with Gasteiger partial charge in [-0.2, -0.15) is 0 Å². The van der Waals surface area contributed by atoms with E-state index in [1.807, 2.05) is 24.3 Å². The zero-order valence-corrected chi connectivity index (χ0v) is 16.4. The van der Waals surface area contributed by atoms with Crippen molar-refractivity contribution < 1.29 is 23.7 Å². The summed E-state index contributed by atoms with van der Waals surface area (Å²) in [5.41, 5.74) is 2.01. The minimum Gasteiger partial charge on any atom is -0.428 e. The summed E-state index contributed by atoms with van der Waals surface area (Å²) in [7, 11) is 1.56. The number of ether oxygens (including phenoxy) is 5. The Kier molecular flexibility index (Phi) is 4.13. The van der Waals surface area contributed by atoms with E-state index in [0.29, 0.717) is 11.5 Å². The molecule has 3 unspecified atom stereocenters. The van der Waals surface area contributed by atoms with Crippen molar-refractivity contribution in [1.29, 1.82) is 0 Å². The molecule has 1 spiro atoms. The molecule has 6 heteroatoms. The van der Waals surface area contributed by atoms with Crippen molar-refractivity contribution in [3.63, 3.8) is 0 Å². The van der Waals surface area contributed by atoms with Crippen molar-refractivity contribution in [3.8, 4) is 11.5 Å². The number of hydrogen-bond acceptors (Lipinski definition) is 6. The molecule has 0 N–H and O–H groups in total. The van der Waals surface area contributed by atoms with Crippen LogP contribution in [-0.4, -0.2) is 25.8 Å². The van der Waals surface area contributed by atoms with Gasteiger partial charge >= 0.3 is 6.48 Å². The molecule has 0 bridgehead atoms. The zero-order chi connectivity index (χ0) is 18.6. The summed E-state index contributed by atoms with van der Waals surface area (Å²) in [6, 6.07) is 12.2. The molecule has 0 radical (unpaired) electrons. The Morgan fingerprint density at radius 1 is 0.963 bits per heavy atom. The van der Waals surface area contributed by atoms with E-state index < -0.39 is 12.3 Å². The van der Waals surface area contributed by atoms with Gasteiger partial charge in [0.1, 0.15) is 0 Å². The molecule has 0 amide bonds. The molecule has 3 atom stereocenters. The molecule has 1 fully saturated rings. The van der Waals surface area contributed by atoms with E-state index in [2.05, 4.69) is 26.0 Å². The summed E-state index contributed by atoms with van der Waals surface area (Å²) in [5, 5.41) is 0. The molecule has 3 aliphatic rings. The Labute approximate surface area is 162 Å². The first-order valence-electron chi connectivity index (χ1n) is 9.27. The Bertz CT molecular complexity index is 871. The van der Waals surface area contributed by atoms with E-state index in [9.17, 15) is 0 Å². The monoisotopic (exact) mass is 386 g/mol. The van der Waals surface area contributed by atoms with Gasteiger partial charge < -0.3 is 23.7 Å². The molecule has 0 aliphatic carbocycles. The summed E-state index contributed by atoms with van der Waals surface area (Å²) in [6.45, 7) is 3.50. The predicted octanol–water partition coefficient (Wildman–Crippen LogP) is 4.66. The molecule has 1 saturated heterocycles. The fraction of sp³-hybridized carbons (Fsp3) is 0.429. The third kappa shape index (κ3) is 2.66. The number of hydrogen-bond donors (Lipinski definition) is 0. The van der Waals surface area contributed by atoms with Crippen molar-refractivity contribution in [1.82, 2.24) is 0 Å². The third-order valence-electron chi connectivity index (χ3n) is 5.23. The van der Waals surface area contributed by atoms with E-state index in [1.165, 1.54) is 0 Å². The summed E-state index contributed by atoms with van der Waals surface area (Å²) in [4.78, 5) is 2.07. The molecular weight excluding hydrogens is 364 g/mol. The van der Waals surface area contributed by atoms with Crippen LogP contribution in [0.5, 0.6) is 11.5 Å². The Balaban J connectivity index is 1.73. The average Bonchev–Trinajstić information content (AvgIpc) is 3.04. The average molecular weight is 386 g/mol. The van der Waals surface area contributed by atoms with Crippen LogP contribution in [0.1, 0.15) is 37.8 Å². The lowest BCUT2D eigenvalue weighted by Crippen LogP contribution is -2.40. The van der Waals surface area contributed by atoms with Crippen LogP contribution in [0, 0.1) is 0 Å². The predicted molar refractivity (Wildman–Crippen MR) is 100 cm³/mol. The first kappa shape index (κ1) is 17.4. The quantitative estimate of drug-likeness (QED) is 0.711. The molecule has 5 rings (SSSR count). The lowest BCUT2D eigenvalue weighted by Gasteiger charge is -2.41. The van der Waals surface area contributed by atoms with Crippen molar-refractivity contribution in [3.05, 3.63) is 47.5 Å². The molecule has 2 aromatic rings. The smallest absolute Gasteiger partial charge is 0.360 e. The second-order valence-corrected chi connectivity index (χ2v) is 8.23. The molecule has 0 saturated carbocycles. The van der Waals surface area contributed by atoms with Gasteiger partial charge in [-0.1, -0.05) is 30.0 Å². The van der Waals surface area contributed by atoms with Gasteiger partial charge in [0.15, 0.2) is 11.5 Å². The van der Waals surface area contributed by atoms with Gasteiger partial charge in [0.05, 0.1) is 17.1 Å². The SMILES string of the molecule is COC1Oc2ccc3c(c2O1)Sc1ccccc1C31OC(C)CCC(C)O1. The molecule has 2 aromatic carbocycles. The van der Waals surface area contributed by atoms with Crippen LogP contribution >= 0.6 is 11.8 Å². The van der Waals surface area contributed by atoms with Crippen LogP contribution in [0.15, 0.2) is 46.2 Å². The molecule has 0 aromatic heterocycles. The maximum atomic E-state index is 6.61. The number of rotatable bonds is 1. The molecule has 27 heavy (non-hydrogen) atoms. The van der Waals surface area contributed by atoms with E-state index in [-0.39, 0.29) is 12.2 Å². The molecule has 5 nitrogen and oxygen atoms in total. The van der Waals surface area contributed by atoms with Gasteiger partial charge in [-0.05, 0) is 44.9 Å². The van der Waals surface area contributed by atoms with E-state index in [4.69, 9.17) is 23.7 Å². The van der Waals surface area contributed by atoms with Crippen molar-refractivity contribution in [2.45, 2.75) is 61.0 Å². The van der Waals surface area contributed by atoms with Gasteiger partial charge in [0, 0.05) is 23.1 Å². The lowest BCUT2D eigenvalue weighted by molar-refractivity contribution is -0.244. The van der Waals surface area contributed by atoms with Gasteiger partial charge in [-0.3, -0.25) is 0 Å². The van der Waals surface area contributed by atoms with E-state index >= 15 is 0 Å². The molecule has 3 heterocycles. The molecular formula is C21H22O5S. The highest BCUT2D eigenvalue weighted by Crippen LogP contribution is 2.58. The first-order chi connectivity index (χ1) is 13.1. The standard InChI is InChI=1S/C21H22O5S/c1-12-8-9-13(2)26-21(25-12)14-6-4-5-7-17(14)27-19-15(21)10-11-16-18(19)24-20(22-3)23-16/h4-7,10-13,20H,8-9H2,1-3H3. The lowest BCUT2D eigenvalue weighted by atomic mass is 9.95. The van der Waals surface area contributed by atoms with Crippen molar-refractivity contribution >= 4 is 11.8 Å². The fourth-order valence-corrected chi connectivity index (χ4v) is 5.18. The summed E-state index contributed by atoms with van der Waals surface area (Å²) < 4.78 is 30.1. The second-order valence-electron chi connectivity index (χ2n) is 7.18. The second kappa shape index (κ2) is 6.41. The van der Waals surface area contributed by atoms with Gasteiger partial charge in [-0.15, -0.1) is 0 Å². The van der Waals surface area contributed by atoms with E-state index in [0.717, 1.165) is 33.8 Å². The maximum absolute atomic E-state index is 6.61. The highest BCUT2D eigenvalue weighted by Gasteiger charge is 2.49. The third-order valence-corrected chi connectivity index (χ3v) is 6.41. The van der Waals surface area contributed by atoms with Crippen molar-refractivity contribution in [2.24, 2.45) is 0 Å². The zero-order valence-electron chi connectivity index (χ0n) is 15.6. The number of methoxy groups -OCH3 is 1. The van der Waals surface area contributed by atoms with Crippen LogP contribution in [0.3, 0.4) is 0 Å². The van der Waals surface area contributed by atoms with Gasteiger partial charge in [0.25, 0.3) is 0 Å². The summed E-state index contributed by atoms with van der Waals surface area (Å²) >= 11 is 1.66. The molecule has 3 aliphatic heterocycles. The molecule has 142 valence electrons. The Hall–Kier alpha value is -1.73. The van der Waals surface area contributed by atoms with Crippen molar-refractivity contribution in [2.75, 3.05) is 7.11 Å². The Morgan fingerprint density at radius 3 is 2.44 bits per heavy atom. The van der Waals surface area contributed by atoms with Crippen LogP contribution in [0.25, 0.3) is 0 Å².